The minimum Gasteiger partial charge on any atom is -0.464 e. The van der Waals surface area contributed by atoms with Gasteiger partial charge < -0.3 is 9.84 Å². The van der Waals surface area contributed by atoms with Crippen molar-refractivity contribution in [3.63, 3.8) is 0 Å². The summed E-state index contributed by atoms with van der Waals surface area (Å²) in [5.74, 6) is -0.965. The third-order valence-electron chi connectivity index (χ3n) is 1.04. The summed E-state index contributed by atoms with van der Waals surface area (Å²) in [5, 5.41) is 8.92. The van der Waals surface area contributed by atoms with Gasteiger partial charge in [-0.25, -0.2) is 4.79 Å². The van der Waals surface area contributed by atoms with Gasteiger partial charge in [-0.2, -0.15) is 0 Å². The minimum atomic E-state index is -1.30. The second-order valence-electron chi connectivity index (χ2n) is 2.17. The van der Waals surface area contributed by atoms with Crippen molar-refractivity contribution in [2.24, 2.45) is 0 Å². The lowest BCUT2D eigenvalue weighted by molar-refractivity contribution is -0.154. The summed E-state index contributed by atoms with van der Waals surface area (Å²) in [6.07, 6.45) is -1.47. The quantitative estimate of drug-likeness (QED) is 0.583. The third kappa shape index (κ3) is 4.50. The van der Waals surface area contributed by atoms with Crippen LogP contribution in [-0.4, -0.2) is 29.6 Å². The minimum absolute atomic E-state index is 0.168. The highest BCUT2D eigenvalue weighted by Gasteiger charge is 2.17. The lowest BCUT2D eigenvalue weighted by Gasteiger charge is -2.06. The van der Waals surface area contributed by atoms with Gasteiger partial charge in [0.25, 0.3) is 0 Å². The maximum Gasteiger partial charge on any atom is 0.335 e. The molecule has 0 aliphatic carbocycles. The zero-order chi connectivity index (χ0) is 8.85. The summed E-state index contributed by atoms with van der Waals surface area (Å²) in [7, 11) is 0. The van der Waals surface area contributed by atoms with E-state index < -0.39 is 12.1 Å². The van der Waals surface area contributed by atoms with Gasteiger partial charge in [0.05, 0.1) is 6.61 Å². The number of hydrogen-bond acceptors (Lipinski definition) is 4. The fourth-order valence-electron chi connectivity index (χ4n) is 0.594. The van der Waals surface area contributed by atoms with E-state index in [2.05, 4.69) is 4.74 Å². The topological polar surface area (TPSA) is 63.6 Å². The molecule has 0 saturated carbocycles. The van der Waals surface area contributed by atoms with E-state index in [-0.39, 0.29) is 18.8 Å². The van der Waals surface area contributed by atoms with Gasteiger partial charge in [0.2, 0.25) is 0 Å². The van der Waals surface area contributed by atoms with Crippen LogP contribution in [0.4, 0.5) is 0 Å². The zero-order valence-electron chi connectivity index (χ0n) is 6.66. The van der Waals surface area contributed by atoms with Crippen molar-refractivity contribution in [2.75, 3.05) is 6.61 Å². The molecule has 0 amide bonds. The predicted molar refractivity (Wildman–Crippen MR) is 37.9 cm³/mol. The molecule has 0 radical (unpaired) electrons. The van der Waals surface area contributed by atoms with E-state index in [0.29, 0.717) is 0 Å². The molecule has 11 heavy (non-hydrogen) atoms. The van der Waals surface area contributed by atoms with Crippen LogP contribution in [-0.2, 0) is 14.3 Å². The molecule has 0 aromatic carbocycles. The number of esters is 1. The Hall–Kier alpha value is -0.900. The van der Waals surface area contributed by atoms with E-state index in [0.717, 1.165) is 0 Å². The normalized spacial score (nSPS) is 12.3. The molecule has 4 heteroatoms. The van der Waals surface area contributed by atoms with Crippen LogP contribution in [0.3, 0.4) is 0 Å². The van der Waals surface area contributed by atoms with Gasteiger partial charge in [-0.05, 0) is 13.8 Å². The molecule has 0 rings (SSSR count). The van der Waals surface area contributed by atoms with Crippen LogP contribution >= 0.6 is 0 Å². The Labute approximate surface area is 65.2 Å². The van der Waals surface area contributed by atoms with Crippen molar-refractivity contribution in [1.29, 1.82) is 0 Å². The van der Waals surface area contributed by atoms with E-state index in [1.807, 2.05) is 0 Å². The molecule has 0 fully saturated rings. The van der Waals surface area contributed by atoms with Crippen LogP contribution in [0.2, 0.25) is 0 Å². The SMILES string of the molecule is CCOC(=O)[C@@H](O)CC(C)=O. The maximum atomic E-state index is 10.7. The van der Waals surface area contributed by atoms with Crippen LogP contribution in [0, 0.1) is 0 Å². The first-order valence-corrected chi connectivity index (χ1v) is 3.42. The fraction of sp³-hybridized carbons (Fsp3) is 0.714. The number of ketones is 1. The molecule has 0 saturated heterocycles. The number of aliphatic hydroxyl groups is 1. The average molecular weight is 160 g/mol. The van der Waals surface area contributed by atoms with Crippen LogP contribution in [0.5, 0.6) is 0 Å². The Morgan fingerprint density at radius 3 is 2.45 bits per heavy atom. The molecular weight excluding hydrogens is 148 g/mol. The molecule has 64 valence electrons. The van der Waals surface area contributed by atoms with E-state index >= 15 is 0 Å². The van der Waals surface area contributed by atoms with Gasteiger partial charge in [0.15, 0.2) is 6.10 Å². The molecule has 0 heterocycles. The van der Waals surface area contributed by atoms with E-state index in [9.17, 15) is 9.59 Å². The molecular formula is C7H12O4. The van der Waals surface area contributed by atoms with Gasteiger partial charge in [-0.3, -0.25) is 4.79 Å². The maximum absolute atomic E-state index is 10.7. The summed E-state index contributed by atoms with van der Waals surface area (Å²) < 4.78 is 4.46. The van der Waals surface area contributed by atoms with Gasteiger partial charge in [0.1, 0.15) is 5.78 Å². The van der Waals surface area contributed by atoms with Gasteiger partial charge in [-0.1, -0.05) is 0 Å². The standard InChI is InChI=1S/C7H12O4/c1-3-11-7(10)6(9)4-5(2)8/h6,9H,3-4H2,1-2H3/t6-/m0/s1. The Balaban J connectivity index is 3.73. The van der Waals surface area contributed by atoms with E-state index in [1.54, 1.807) is 6.92 Å². The summed E-state index contributed by atoms with van der Waals surface area (Å²) in [6, 6.07) is 0. The lowest BCUT2D eigenvalue weighted by atomic mass is 10.2. The van der Waals surface area contributed by atoms with Crippen molar-refractivity contribution < 1.29 is 19.4 Å². The number of ether oxygens (including phenoxy) is 1. The van der Waals surface area contributed by atoms with Crippen molar-refractivity contribution >= 4 is 11.8 Å². The molecule has 1 N–H and O–H groups in total. The first-order chi connectivity index (χ1) is 5.07. The second kappa shape index (κ2) is 4.85. The predicted octanol–water partition coefficient (Wildman–Crippen LogP) is -0.111. The van der Waals surface area contributed by atoms with Crippen LogP contribution in [0.25, 0.3) is 0 Å². The summed E-state index contributed by atoms with van der Waals surface area (Å²) in [4.78, 5) is 21.0. The number of carbonyl (C=O) groups is 2. The molecule has 0 aromatic heterocycles. The second-order valence-corrected chi connectivity index (χ2v) is 2.17. The number of carbonyl (C=O) groups excluding carboxylic acids is 2. The van der Waals surface area contributed by atoms with Gasteiger partial charge in [-0.15, -0.1) is 0 Å². The Morgan fingerprint density at radius 1 is 1.55 bits per heavy atom. The highest BCUT2D eigenvalue weighted by atomic mass is 16.5. The van der Waals surface area contributed by atoms with E-state index in [4.69, 9.17) is 5.11 Å². The lowest BCUT2D eigenvalue weighted by Crippen LogP contribution is -2.25. The molecule has 0 unspecified atom stereocenters. The van der Waals surface area contributed by atoms with Crippen LogP contribution in [0.15, 0.2) is 0 Å². The van der Waals surface area contributed by atoms with Crippen molar-refractivity contribution in [3.05, 3.63) is 0 Å². The Bertz CT molecular complexity index is 153. The smallest absolute Gasteiger partial charge is 0.335 e. The Kier molecular flexibility index (Phi) is 4.45. The summed E-state index contributed by atoms with van der Waals surface area (Å²) in [6.45, 7) is 3.16. The van der Waals surface area contributed by atoms with Crippen LogP contribution in [0.1, 0.15) is 20.3 Å². The first kappa shape index (κ1) is 10.1. The molecule has 0 aliphatic rings. The van der Waals surface area contributed by atoms with E-state index in [1.165, 1.54) is 6.92 Å². The fourth-order valence-corrected chi connectivity index (χ4v) is 0.594. The molecule has 0 aliphatic heterocycles. The molecule has 0 aromatic rings. The van der Waals surface area contributed by atoms with Gasteiger partial charge in [0, 0.05) is 6.42 Å². The molecule has 0 spiro atoms. The highest BCUT2D eigenvalue weighted by Crippen LogP contribution is 1.95. The van der Waals surface area contributed by atoms with Crippen molar-refractivity contribution in [3.8, 4) is 0 Å². The van der Waals surface area contributed by atoms with Gasteiger partial charge >= 0.3 is 5.97 Å². The summed E-state index contributed by atoms with van der Waals surface area (Å²) >= 11 is 0. The van der Waals surface area contributed by atoms with Crippen molar-refractivity contribution in [1.82, 2.24) is 0 Å². The first-order valence-electron chi connectivity index (χ1n) is 3.42. The average Bonchev–Trinajstić information content (AvgIpc) is 1.86. The number of aliphatic hydroxyl groups excluding tert-OH is 1. The van der Waals surface area contributed by atoms with Crippen molar-refractivity contribution in [2.45, 2.75) is 26.4 Å². The van der Waals surface area contributed by atoms with Crippen LogP contribution < -0.4 is 0 Å². The molecule has 0 bridgehead atoms. The summed E-state index contributed by atoms with van der Waals surface area (Å²) in [5.41, 5.74) is 0. The molecule has 4 nitrogen and oxygen atoms in total. The number of Topliss-reactive ketones (excluding diaryl/α,β-unsaturated/α-hetero) is 1. The monoisotopic (exact) mass is 160 g/mol. The largest absolute Gasteiger partial charge is 0.464 e. The number of rotatable bonds is 4. The molecule has 1 atom stereocenters. The third-order valence-corrected chi connectivity index (χ3v) is 1.04. The number of hydrogen-bond donors (Lipinski definition) is 1. The highest BCUT2D eigenvalue weighted by molar-refractivity contribution is 5.84. The Morgan fingerprint density at radius 2 is 2.09 bits per heavy atom. The zero-order valence-corrected chi connectivity index (χ0v) is 6.66.